The Hall–Kier alpha value is -1.03. The first-order chi connectivity index (χ1) is 3.80. The van der Waals surface area contributed by atoms with Gasteiger partial charge in [0.05, 0.1) is 6.20 Å². The van der Waals surface area contributed by atoms with Crippen LogP contribution >= 0.6 is 12.4 Å². The van der Waals surface area contributed by atoms with Gasteiger partial charge in [-0.05, 0) is 6.07 Å². The summed E-state index contributed by atoms with van der Waals surface area (Å²) in [5.41, 5.74) is -0.660. The zero-order valence-corrected chi connectivity index (χ0v) is 5.21. The Kier molecular flexibility index (Phi) is 2.73. The summed E-state index contributed by atoms with van der Waals surface area (Å²) in [6.45, 7) is 0. The number of hydrogen-bond donors (Lipinski definition) is 1. The first-order valence-electron chi connectivity index (χ1n) is 2.03. The van der Waals surface area contributed by atoms with Crippen molar-refractivity contribution in [3.8, 4) is 0 Å². The molecule has 0 saturated heterocycles. The molecule has 1 rings (SSSR count). The van der Waals surface area contributed by atoms with Crippen molar-refractivity contribution in [2.24, 2.45) is 0 Å². The highest BCUT2D eigenvalue weighted by Crippen LogP contribution is 1.67. The van der Waals surface area contributed by atoms with Crippen LogP contribution in [0.4, 0.5) is 0 Å². The average molecular weight is 149 g/mol. The van der Waals surface area contributed by atoms with Gasteiger partial charge in [0.15, 0.2) is 0 Å². The summed E-state index contributed by atoms with van der Waals surface area (Å²) < 4.78 is 0.417. The highest BCUT2D eigenvalue weighted by molar-refractivity contribution is 5.85. The number of halogens is 1. The first kappa shape index (κ1) is 7.97. The quantitative estimate of drug-likeness (QED) is 0.523. The molecule has 0 spiro atoms. The van der Waals surface area contributed by atoms with Crippen LogP contribution in [0.25, 0.3) is 0 Å². The number of nitrogens with zero attached hydrogens (tertiary/aromatic N) is 2. The first-order valence-corrected chi connectivity index (χ1v) is 2.03. The molecule has 1 N–H and O–H groups in total. The van der Waals surface area contributed by atoms with Gasteiger partial charge in [0.1, 0.15) is 0 Å². The van der Waals surface area contributed by atoms with E-state index in [0.717, 1.165) is 0 Å². The van der Waals surface area contributed by atoms with Gasteiger partial charge in [0.25, 0.3) is 0 Å². The lowest BCUT2D eigenvalue weighted by Crippen LogP contribution is -2.18. The maximum absolute atomic E-state index is 10.2. The Balaban J connectivity index is 0.000000640. The predicted molar refractivity (Wildman–Crippen MR) is 32.9 cm³/mol. The van der Waals surface area contributed by atoms with Crippen LogP contribution < -0.4 is 5.69 Å². The summed E-state index contributed by atoms with van der Waals surface area (Å²) in [6.07, 6.45) is 2.53. The molecule has 0 aliphatic carbocycles. The Bertz CT molecular complexity index is 234. The third-order valence-corrected chi connectivity index (χ3v) is 0.694. The van der Waals surface area contributed by atoms with Crippen LogP contribution in [0.3, 0.4) is 0 Å². The van der Waals surface area contributed by atoms with E-state index in [-0.39, 0.29) is 12.4 Å². The minimum Gasteiger partial charge on any atom is -0.424 e. The molecule has 9 heavy (non-hydrogen) atoms. The monoisotopic (exact) mass is 148 g/mol. The summed E-state index contributed by atoms with van der Waals surface area (Å²) in [4.78, 5) is 13.5. The molecule has 0 unspecified atom stereocenters. The van der Waals surface area contributed by atoms with E-state index < -0.39 is 5.69 Å². The molecule has 0 aromatic carbocycles. The molecule has 4 nitrogen and oxygen atoms in total. The topological polar surface area (TPSA) is 55.1 Å². The van der Waals surface area contributed by atoms with Crippen molar-refractivity contribution in [1.29, 1.82) is 0 Å². The predicted octanol–water partition coefficient (Wildman–Crippen LogP) is -0.0976. The summed E-state index contributed by atoms with van der Waals surface area (Å²) in [7, 11) is 0. The number of hydrogen-bond acceptors (Lipinski definition) is 3. The van der Waals surface area contributed by atoms with E-state index in [4.69, 9.17) is 5.21 Å². The van der Waals surface area contributed by atoms with Crippen LogP contribution in [-0.4, -0.2) is 14.9 Å². The molecule has 0 aliphatic heterocycles. The molecule has 50 valence electrons. The molecule has 0 saturated carbocycles. The van der Waals surface area contributed by atoms with Crippen LogP contribution in [0.15, 0.2) is 23.3 Å². The largest absolute Gasteiger partial charge is 0.424 e. The van der Waals surface area contributed by atoms with Crippen LogP contribution in [-0.2, 0) is 0 Å². The summed E-state index contributed by atoms with van der Waals surface area (Å²) in [5.74, 6) is 0. The third-order valence-electron chi connectivity index (χ3n) is 0.694. The average Bonchev–Trinajstić information content (AvgIpc) is 1.77. The lowest BCUT2D eigenvalue weighted by molar-refractivity contribution is 0.170. The molecule has 1 aromatic rings. The van der Waals surface area contributed by atoms with Gasteiger partial charge in [-0.2, -0.15) is 4.98 Å². The second-order valence-corrected chi connectivity index (χ2v) is 1.25. The molecule has 0 radical (unpaired) electrons. The fourth-order valence-electron chi connectivity index (χ4n) is 0.350. The maximum atomic E-state index is 10.2. The van der Waals surface area contributed by atoms with Crippen molar-refractivity contribution in [1.82, 2.24) is 9.71 Å². The number of rotatable bonds is 0. The fraction of sp³-hybridized carbons (Fsp3) is 0. The minimum atomic E-state index is -0.660. The molecule has 1 heterocycles. The second-order valence-electron chi connectivity index (χ2n) is 1.25. The molecule has 0 bridgehead atoms. The Morgan fingerprint density at radius 3 is 2.67 bits per heavy atom. The summed E-state index contributed by atoms with van der Waals surface area (Å²) >= 11 is 0. The zero-order valence-electron chi connectivity index (χ0n) is 4.39. The normalized spacial score (nSPS) is 8.00. The lowest BCUT2D eigenvalue weighted by atomic mass is 10.7. The van der Waals surface area contributed by atoms with E-state index in [0.29, 0.717) is 4.73 Å². The lowest BCUT2D eigenvalue weighted by Gasteiger charge is -1.86. The highest BCUT2D eigenvalue weighted by Gasteiger charge is 1.83. The molecular weight excluding hydrogens is 144 g/mol. The Morgan fingerprint density at radius 1 is 1.67 bits per heavy atom. The van der Waals surface area contributed by atoms with Gasteiger partial charge in [0, 0.05) is 6.20 Å². The van der Waals surface area contributed by atoms with E-state index in [2.05, 4.69) is 4.98 Å². The highest BCUT2D eigenvalue weighted by atomic mass is 35.5. The SMILES string of the molecule is Cl.O=c1ncccn1O. The van der Waals surface area contributed by atoms with Gasteiger partial charge in [0.2, 0.25) is 0 Å². The van der Waals surface area contributed by atoms with Gasteiger partial charge in [-0.25, -0.2) is 4.79 Å². The van der Waals surface area contributed by atoms with E-state index >= 15 is 0 Å². The smallest absolute Gasteiger partial charge is 0.380 e. The molecule has 0 aliphatic rings. The van der Waals surface area contributed by atoms with Gasteiger partial charge in [-0.1, -0.05) is 0 Å². The van der Waals surface area contributed by atoms with Crippen molar-refractivity contribution in [3.05, 3.63) is 28.9 Å². The van der Waals surface area contributed by atoms with Gasteiger partial charge in [-0.15, -0.1) is 17.1 Å². The molecule has 0 fully saturated rings. The van der Waals surface area contributed by atoms with E-state index in [1.165, 1.54) is 18.5 Å². The summed E-state index contributed by atoms with van der Waals surface area (Å²) in [6, 6.07) is 1.46. The Morgan fingerprint density at radius 2 is 2.33 bits per heavy atom. The zero-order chi connectivity index (χ0) is 5.98. The molecular formula is C4H5ClN2O2. The van der Waals surface area contributed by atoms with Crippen molar-refractivity contribution >= 4 is 12.4 Å². The van der Waals surface area contributed by atoms with Gasteiger partial charge in [-0.3, -0.25) is 0 Å². The van der Waals surface area contributed by atoms with Crippen molar-refractivity contribution in [3.63, 3.8) is 0 Å². The van der Waals surface area contributed by atoms with Crippen LogP contribution in [0, 0.1) is 0 Å². The van der Waals surface area contributed by atoms with Crippen LogP contribution in [0.1, 0.15) is 0 Å². The van der Waals surface area contributed by atoms with Crippen LogP contribution in [0.5, 0.6) is 0 Å². The summed E-state index contributed by atoms with van der Waals surface area (Å²) in [5, 5.41) is 8.46. The maximum Gasteiger partial charge on any atom is 0.380 e. The van der Waals surface area contributed by atoms with E-state index in [1.54, 1.807) is 0 Å². The fourth-order valence-corrected chi connectivity index (χ4v) is 0.350. The van der Waals surface area contributed by atoms with Crippen molar-refractivity contribution < 1.29 is 5.21 Å². The van der Waals surface area contributed by atoms with Crippen molar-refractivity contribution in [2.45, 2.75) is 0 Å². The third kappa shape index (κ3) is 1.73. The van der Waals surface area contributed by atoms with E-state index in [9.17, 15) is 4.79 Å². The standard InChI is InChI=1S/C4H4N2O2.ClH/c7-4-5-2-1-3-6(4)8;/h1-3,8H;1H. The van der Waals surface area contributed by atoms with Gasteiger partial charge >= 0.3 is 5.69 Å². The van der Waals surface area contributed by atoms with Crippen molar-refractivity contribution in [2.75, 3.05) is 0 Å². The number of aromatic nitrogens is 2. The van der Waals surface area contributed by atoms with Crippen LogP contribution in [0.2, 0.25) is 0 Å². The Labute approximate surface area is 57.1 Å². The van der Waals surface area contributed by atoms with Gasteiger partial charge < -0.3 is 5.21 Å². The van der Waals surface area contributed by atoms with E-state index in [1.807, 2.05) is 0 Å². The molecule has 5 heteroatoms. The molecule has 0 amide bonds. The minimum absolute atomic E-state index is 0. The molecule has 0 atom stereocenters. The second kappa shape index (κ2) is 3.09. The molecule has 1 aromatic heterocycles.